The molecule has 2 heteroatoms. The van der Waals surface area contributed by atoms with Gasteiger partial charge in [-0.25, -0.2) is 0 Å². The monoisotopic (exact) mass is 255 g/mol. The van der Waals surface area contributed by atoms with Gasteiger partial charge < -0.3 is 10.1 Å². The number of methoxy groups -OCH3 is 1. The minimum atomic E-state index is 0.356. The third-order valence-electron chi connectivity index (χ3n) is 4.48. The van der Waals surface area contributed by atoms with E-state index in [9.17, 15) is 0 Å². The van der Waals surface area contributed by atoms with Crippen LogP contribution in [0.25, 0.3) is 0 Å². The molecule has 0 spiro atoms. The van der Waals surface area contributed by atoms with Crippen molar-refractivity contribution < 1.29 is 4.74 Å². The molecule has 18 heavy (non-hydrogen) atoms. The summed E-state index contributed by atoms with van der Waals surface area (Å²) in [5, 5.41) is 3.76. The lowest BCUT2D eigenvalue weighted by atomic mass is 9.76. The van der Waals surface area contributed by atoms with Gasteiger partial charge in [-0.05, 0) is 43.6 Å². The van der Waals surface area contributed by atoms with Crippen LogP contribution in [-0.2, 0) is 4.74 Å². The van der Waals surface area contributed by atoms with Crippen molar-refractivity contribution in [3.05, 3.63) is 0 Å². The number of nitrogens with one attached hydrogen (secondary N) is 1. The average molecular weight is 255 g/mol. The highest BCUT2D eigenvalue weighted by atomic mass is 16.5. The van der Waals surface area contributed by atoms with E-state index in [1.54, 1.807) is 0 Å². The zero-order valence-electron chi connectivity index (χ0n) is 13.0. The molecule has 0 radical (unpaired) electrons. The molecule has 0 amide bonds. The lowest BCUT2D eigenvalue weighted by molar-refractivity contribution is 0.00621. The Balaban J connectivity index is 2.64. The number of ether oxygens (including phenoxy) is 1. The molecule has 0 aromatic heterocycles. The fraction of sp³-hybridized carbons (Fsp3) is 1.00. The van der Waals surface area contributed by atoms with E-state index in [0.29, 0.717) is 18.1 Å². The second-order valence-corrected chi connectivity index (χ2v) is 6.44. The Kier molecular flexibility index (Phi) is 7.25. The molecular formula is C16H33NO. The Bertz CT molecular complexity index is 209. The van der Waals surface area contributed by atoms with Crippen LogP contribution in [0, 0.1) is 17.8 Å². The molecule has 1 aliphatic rings. The summed E-state index contributed by atoms with van der Waals surface area (Å²) < 4.78 is 5.79. The Labute approximate surface area is 114 Å². The molecule has 1 rings (SSSR count). The molecule has 108 valence electrons. The summed E-state index contributed by atoms with van der Waals surface area (Å²) in [6.07, 6.45) is 7.08. The van der Waals surface area contributed by atoms with E-state index >= 15 is 0 Å². The molecule has 0 aromatic carbocycles. The van der Waals surface area contributed by atoms with Crippen LogP contribution >= 0.6 is 0 Å². The van der Waals surface area contributed by atoms with Crippen molar-refractivity contribution in [3.8, 4) is 0 Å². The van der Waals surface area contributed by atoms with Crippen molar-refractivity contribution in [1.82, 2.24) is 5.32 Å². The van der Waals surface area contributed by atoms with Gasteiger partial charge in [0.25, 0.3) is 0 Å². The molecule has 1 fully saturated rings. The van der Waals surface area contributed by atoms with Gasteiger partial charge in [0.2, 0.25) is 0 Å². The molecule has 1 saturated carbocycles. The third-order valence-corrected chi connectivity index (χ3v) is 4.48. The summed E-state index contributed by atoms with van der Waals surface area (Å²) >= 11 is 0. The Hall–Kier alpha value is -0.0800. The average Bonchev–Trinajstić information content (AvgIpc) is 2.35. The zero-order valence-corrected chi connectivity index (χ0v) is 13.0. The van der Waals surface area contributed by atoms with Crippen molar-refractivity contribution in [1.29, 1.82) is 0 Å². The molecule has 0 bridgehead atoms. The second kappa shape index (κ2) is 8.16. The molecule has 1 N–H and O–H groups in total. The summed E-state index contributed by atoms with van der Waals surface area (Å²) in [6, 6.07) is 0.544. The van der Waals surface area contributed by atoms with E-state index in [2.05, 4.69) is 33.0 Å². The van der Waals surface area contributed by atoms with Gasteiger partial charge in [0, 0.05) is 13.2 Å². The largest absolute Gasteiger partial charge is 0.380 e. The van der Waals surface area contributed by atoms with Gasteiger partial charge in [-0.3, -0.25) is 0 Å². The summed E-state index contributed by atoms with van der Waals surface area (Å²) in [7, 11) is 1.87. The number of hydrogen-bond acceptors (Lipinski definition) is 2. The maximum atomic E-state index is 5.79. The van der Waals surface area contributed by atoms with Crippen molar-refractivity contribution in [2.45, 2.75) is 71.9 Å². The van der Waals surface area contributed by atoms with Crippen LogP contribution in [0.4, 0.5) is 0 Å². The van der Waals surface area contributed by atoms with E-state index in [-0.39, 0.29) is 0 Å². The van der Waals surface area contributed by atoms with Crippen LogP contribution in [0.3, 0.4) is 0 Å². The third kappa shape index (κ3) is 4.55. The van der Waals surface area contributed by atoms with Gasteiger partial charge in [0.05, 0.1) is 6.10 Å². The molecule has 2 unspecified atom stereocenters. The summed E-state index contributed by atoms with van der Waals surface area (Å²) in [5.41, 5.74) is 0. The predicted octanol–water partition coefficient (Wildman–Crippen LogP) is 3.85. The van der Waals surface area contributed by atoms with Crippen molar-refractivity contribution in [3.63, 3.8) is 0 Å². The normalized spacial score (nSPS) is 28.3. The topological polar surface area (TPSA) is 21.3 Å². The Morgan fingerprint density at radius 3 is 2.22 bits per heavy atom. The van der Waals surface area contributed by atoms with Crippen molar-refractivity contribution in [2.75, 3.05) is 13.7 Å². The molecule has 1 aliphatic carbocycles. The van der Waals surface area contributed by atoms with Crippen molar-refractivity contribution >= 4 is 0 Å². The quantitative estimate of drug-likeness (QED) is 0.746. The van der Waals surface area contributed by atoms with E-state index in [1.807, 2.05) is 7.11 Å². The van der Waals surface area contributed by atoms with Crippen LogP contribution < -0.4 is 5.32 Å². The second-order valence-electron chi connectivity index (χ2n) is 6.44. The molecule has 0 aliphatic heterocycles. The van der Waals surface area contributed by atoms with Crippen LogP contribution in [-0.4, -0.2) is 25.8 Å². The molecule has 0 heterocycles. The molecule has 2 atom stereocenters. The minimum Gasteiger partial charge on any atom is -0.380 e. The standard InChI is InChI=1S/C16H33NO/c1-6-11-17-15(16(18-5)12(2)3)14-9-7-13(4)8-10-14/h12-17H,6-11H2,1-5H3. The first-order valence-electron chi connectivity index (χ1n) is 7.86. The van der Waals surface area contributed by atoms with Crippen LogP contribution in [0.5, 0.6) is 0 Å². The van der Waals surface area contributed by atoms with Gasteiger partial charge in [-0.1, -0.05) is 40.5 Å². The maximum absolute atomic E-state index is 5.79. The minimum absolute atomic E-state index is 0.356. The Morgan fingerprint density at radius 1 is 1.17 bits per heavy atom. The zero-order chi connectivity index (χ0) is 13.5. The van der Waals surface area contributed by atoms with Crippen LogP contribution in [0.2, 0.25) is 0 Å². The van der Waals surface area contributed by atoms with Gasteiger partial charge >= 0.3 is 0 Å². The highest BCUT2D eigenvalue weighted by Gasteiger charge is 2.33. The fourth-order valence-electron chi connectivity index (χ4n) is 3.34. The van der Waals surface area contributed by atoms with E-state index in [4.69, 9.17) is 4.74 Å². The number of rotatable bonds is 7. The Morgan fingerprint density at radius 2 is 1.78 bits per heavy atom. The predicted molar refractivity (Wildman–Crippen MR) is 78.8 cm³/mol. The van der Waals surface area contributed by atoms with Gasteiger partial charge in [0.1, 0.15) is 0 Å². The van der Waals surface area contributed by atoms with E-state index in [0.717, 1.165) is 18.4 Å². The summed E-state index contributed by atoms with van der Waals surface area (Å²) in [4.78, 5) is 0. The van der Waals surface area contributed by atoms with Crippen LogP contribution in [0.1, 0.15) is 59.8 Å². The molecule has 0 aromatic rings. The highest BCUT2D eigenvalue weighted by Crippen LogP contribution is 2.33. The lowest BCUT2D eigenvalue weighted by Gasteiger charge is -2.39. The van der Waals surface area contributed by atoms with Gasteiger partial charge in [-0.2, -0.15) is 0 Å². The molecule has 0 saturated heterocycles. The fourth-order valence-corrected chi connectivity index (χ4v) is 3.34. The first kappa shape index (κ1) is 16.0. The first-order chi connectivity index (χ1) is 8.60. The number of hydrogen-bond donors (Lipinski definition) is 1. The van der Waals surface area contributed by atoms with Gasteiger partial charge in [0.15, 0.2) is 0 Å². The van der Waals surface area contributed by atoms with Gasteiger partial charge in [-0.15, -0.1) is 0 Å². The summed E-state index contributed by atoms with van der Waals surface area (Å²) in [5.74, 6) is 2.32. The summed E-state index contributed by atoms with van der Waals surface area (Å²) in [6.45, 7) is 10.3. The SMILES string of the molecule is CCCNC(C1CCC(C)CC1)C(OC)C(C)C. The van der Waals surface area contributed by atoms with E-state index in [1.165, 1.54) is 32.1 Å². The van der Waals surface area contributed by atoms with E-state index < -0.39 is 0 Å². The lowest BCUT2D eigenvalue weighted by Crippen LogP contribution is -2.49. The molecular weight excluding hydrogens is 222 g/mol. The van der Waals surface area contributed by atoms with Crippen molar-refractivity contribution in [2.24, 2.45) is 17.8 Å². The smallest absolute Gasteiger partial charge is 0.0749 e. The highest BCUT2D eigenvalue weighted by molar-refractivity contribution is 4.88. The van der Waals surface area contributed by atoms with Crippen LogP contribution in [0.15, 0.2) is 0 Å². The first-order valence-corrected chi connectivity index (χ1v) is 7.86. The maximum Gasteiger partial charge on any atom is 0.0749 e. The molecule has 2 nitrogen and oxygen atoms in total.